The van der Waals surface area contributed by atoms with E-state index in [0.717, 1.165) is 0 Å². The van der Waals surface area contributed by atoms with Gasteiger partial charge >= 0.3 is 0 Å². The van der Waals surface area contributed by atoms with Crippen molar-refractivity contribution in [3.63, 3.8) is 0 Å². The van der Waals surface area contributed by atoms with Gasteiger partial charge < -0.3 is 10.1 Å². The number of rotatable bonds is 6. The largest absolute Gasteiger partial charge is 0.396 e. The van der Waals surface area contributed by atoms with E-state index in [4.69, 9.17) is 5.11 Å². The quantitative estimate of drug-likeness (QED) is 0.653. The van der Waals surface area contributed by atoms with Crippen LogP contribution in [0.25, 0.3) is 0 Å². The van der Waals surface area contributed by atoms with E-state index >= 15 is 0 Å². The first-order chi connectivity index (χ1) is 7.49. The lowest BCUT2D eigenvalue weighted by Gasteiger charge is -2.08. The van der Waals surface area contributed by atoms with Gasteiger partial charge in [0.15, 0.2) is 5.03 Å². The van der Waals surface area contributed by atoms with Crippen LogP contribution in [0.4, 0.5) is 0 Å². The van der Waals surface area contributed by atoms with Gasteiger partial charge in [0, 0.05) is 19.6 Å². The number of aromatic nitrogens is 2. The van der Waals surface area contributed by atoms with E-state index in [-0.39, 0.29) is 24.1 Å². The molecule has 1 unspecified atom stereocenters. The molecular weight excluding hydrogens is 230 g/mol. The number of sulfonamides is 1. The fourth-order valence-electron chi connectivity index (χ4n) is 1.05. The maximum Gasteiger partial charge on any atom is 0.257 e. The van der Waals surface area contributed by atoms with E-state index in [1.54, 1.807) is 6.92 Å². The number of nitrogens with zero attached hydrogens (tertiary/aromatic N) is 1. The van der Waals surface area contributed by atoms with Crippen LogP contribution in [-0.2, 0) is 16.4 Å². The van der Waals surface area contributed by atoms with Gasteiger partial charge in [0.2, 0.25) is 0 Å². The van der Waals surface area contributed by atoms with Crippen molar-refractivity contribution in [3.8, 4) is 0 Å². The van der Waals surface area contributed by atoms with Crippen LogP contribution in [0.3, 0.4) is 0 Å². The second-order valence-corrected chi connectivity index (χ2v) is 5.42. The highest BCUT2D eigenvalue weighted by molar-refractivity contribution is 7.89. The average Bonchev–Trinajstić information content (AvgIpc) is 2.75. The molecule has 0 saturated carbocycles. The highest BCUT2D eigenvalue weighted by atomic mass is 32.2. The number of hydrogen-bond acceptors (Lipinski definition) is 4. The Labute approximate surface area is 95.2 Å². The van der Waals surface area contributed by atoms with Gasteiger partial charge in [0.05, 0.1) is 6.20 Å². The summed E-state index contributed by atoms with van der Waals surface area (Å²) in [6, 6.07) is 0. The smallest absolute Gasteiger partial charge is 0.257 e. The minimum atomic E-state index is -3.53. The molecule has 0 saturated heterocycles. The van der Waals surface area contributed by atoms with Crippen molar-refractivity contribution in [3.05, 3.63) is 12.0 Å². The molecule has 0 fully saturated rings. The zero-order valence-electron chi connectivity index (χ0n) is 9.40. The predicted molar refractivity (Wildman–Crippen MR) is 59.4 cm³/mol. The van der Waals surface area contributed by atoms with Gasteiger partial charge in [-0.1, -0.05) is 13.8 Å². The second-order valence-electron chi connectivity index (χ2n) is 3.69. The third-order valence-electron chi connectivity index (χ3n) is 2.16. The van der Waals surface area contributed by atoms with Crippen molar-refractivity contribution in [2.24, 2.45) is 5.92 Å². The molecule has 92 valence electrons. The van der Waals surface area contributed by atoms with Crippen molar-refractivity contribution in [1.82, 2.24) is 14.7 Å². The number of aromatic amines is 1. The molecule has 1 aromatic rings. The van der Waals surface area contributed by atoms with Crippen LogP contribution in [0.2, 0.25) is 0 Å². The van der Waals surface area contributed by atoms with Crippen LogP contribution < -0.4 is 4.72 Å². The lowest BCUT2D eigenvalue weighted by molar-refractivity contribution is 0.238. The molecule has 0 aliphatic heterocycles. The summed E-state index contributed by atoms with van der Waals surface area (Å²) < 4.78 is 25.8. The Bertz CT molecular complexity index is 427. The average molecular weight is 247 g/mol. The molecule has 0 radical (unpaired) electrons. The second kappa shape index (κ2) is 5.42. The highest BCUT2D eigenvalue weighted by Gasteiger charge is 2.17. The zero-order valence-corrected chi connectivity index (χ0v) is 10.2. The Morgan fingerprint density at radius 1 is 1.62 bits per heavy atom. The normalized spacial score (nSPS) is 13.9. The first kappa shape index (κ1) is 13.1. The third kappa shape index (κ3) is 3.29. The number of aliphatic hydroxyl groups excluding tert-OH is 1. The van der Waals surface area contributed by atoms with Gasteiger partial charge in [-0.2, -0.15) is 0 Å². The fourth-order valence-corrected chi connectivity index (χ4v) is 2.16. The summed E-state index contributed by atoms with van der Waals surface area (Å²) in [5, 5.41) is 8.85. The van der Waals surface area contributed by atoms with Gasteiger partial charge in [-0.15, -0.1) is 0 Å². The fraction of sp³-hybridized carbons (Fsp3) is 0.667. The standard InChI is InChI=1S/C9H17N3O3S/c1-3-8-10-5-9(12-8)16(14,15)11-4-7(2)6-13/h5,7,11,13H,3-4,6H2,1-2H3,(H,10,12). The summed E-state index contributed by atoms with van der Waals surface area (Å²) >= 11 is 0. The predicted octanol–water partition coefficient (Wildman–Crippen LogP) is -0.121. The molecule has 0 aliphatic rings. The molecule has 3 N–H and O–H groups in total. The number of aryl methyl sites for hydroxylation is 1. The molecule has 0 bridgehead atoms. The lowest BCUT2D eigenvalue weighted by atomic mass is 10.2. The third-order valence-corrected chi connectivity index (χ3v) is 3.50. The zero-order chi connectivity index (χ0) is 12.2. The number of nitrogens with one attached hydrogen (secondary N) is 2. The van der Waals surface area contributed by atoms with Gasteiger partial charge in [-0.05, 0) is 5.92 Å². The summed E-state index contributed by atoms with van der Waals surface area (Å²) in [7, 11) is -3.53. The first-order valence-electron chi connectivity index (χ1n) is 5.14. The Morgan fingerprint density at radius 3 is 2.81 bits per heavy atom. The van der Waals surface area contributed by atoms with Crippen molar-refractivity contribution in [2.75, 3.05) is 13.2 Å². The van der Waals surface area contributed by atoms with E-state index < -0.39 is 10.0 Å². The molecule has 0 aliphatic carbocycles. The lowest BCUT2D eigenvalue weighted by Crippen LogP contribution is -2.29. The summed E-state index contributed by atoms with van der Waals surface area (Å²) in [5.74, 6) is 0.527. The Balaban J connectivity index is 2.70. The summed E-state index contributed by atoms with van der Waals surface area (Å²) in [6.45, 7) is 3.80. The van der Waals surface area contributed by atoms with Crippen LogP contribution >= 0.6 is 0 Å². The van der Waals surface area contributed by atoms with E-state index in [9.17, 15) is 8.42 Å². The highest BCUT2D eigenvalue weighted by Crippen LogP contribution is 2.06. The van der Waals surface area contributed by atoms with Crippen LogP contribution in [-0.4, -0.2) is 36.6 Å². The van der Waals surface area contributed by atoms with Crippen molar-refractivity contribution in [2.45, 2.75) is 25.3 Å². The first-order valence-corrected chi connectivity index (χ1v) is 6.62. The summed E-state index contributed by atoms with van der Waals surface area (Å²) in [6.07, 6.45) is 1.95. The molecule has 1 atom stereocenters. The molecule has 0 amide bonds. The number of H-pyrrole nitrogens is 1. The van der Waals surface area contributed by atoms with E-state index in [1.165, 1.54) is 6.20 Å². The maximum absolute atomic E-state index is 11.7. The summed E-state index contributed by atoms with van der Waals surface area (Å²) in [5.41, 5.74) is 0. The number of imidazole rings is 1. The Hall–Kier alpha value is -0.920. The molecule has 0 spiro atoms. The van der Waals surface area contributed by atoms with Gasteiger partial charge in [0.1, 0.15) is 5.82 Å². The van der Waals surface area contributed by atoms with E-state index in [2.05, 4.69) is 14.7 Å². The van der Waals surface area contributed by atoms with Gasteiger partial charge in [0.25, 0.3) is 10.0 Å². The van der Waals surface area contributed by atoms with Crippen molar-refractivity contribution >= 4 is 10.0 Å². The van der Waals surface area contributed by atoms with E-state index in [0.29, 0.717) is 12.2 Å². The minimum Gasteiger partial charge on any atom is -0.396 e. The Kier molecular flexibility index (Phi) is 4.45. The molecule has 1 heterocycles. The van der Waals surface area contributed by atoms with Gasteiger partial charge in [-0.25, -0.2) is 18.1 Å². The van der Waals surface area contributed by atoms with Crippen molar-refractivity contribution < 1.29 is 13.5 Å². The molecule has 7 heteroatoms. The number of aliphatic hydroxyl groups is 1. The molecule has 1 aromatic heterocycles. The SMILES string of the molecule is CCc1ncc(S(=O)(=O)NCC(C)CO)[nH]1. The van der Waals surface area contributed by atoms with E-state index in [1.807, 2.05) is 6.92 Å². The molecular formula is C9H17N3O3S. The topological polar surface area (TPSA) is 95.1 Å². The van der Waals surface area contributed by atoms with Crippen LogP contribution in [0.5, 0.6) is 0 Å². The molecule has 1 rings (SSSR count). The maximum atomic E-state index is 11.7. The summed E-state index contributed by atoms with van der Waals surface area (Å²) in [4.78, 5) is 6.64. The number of hydrogen-bond donors (Lipinski definition) is 3. The minimum absolute atomic E-state index is 0.0499. The van der Waals surface area contributed by atoms with Crippen molar-refractivity contribution in [1.29, 1.82) is 0 Å². The van der Waals surface area contributed by atoms with Crippen LogP contribution in [0.1, 0.15) is 19.7 Å². The monoisotopic (exact) mass is 247 g/mol. The van der Waals surface area contributed by atoms with Crippen LogP contribution in [0, 0.1) is 5.92 Å². The van der Waals surface area contributed by atoms with Crippen LogP contribution in [0.15, 0.2) is 11.2 Å². The molecule has 6 nitrogen and oxygen atoms in total. The molecule has 16 heavy (non-hydrogen) atoms. The van der Waals surface area contributed by atoms with Gasteiger partial charge in [-0.3, -0.25) is 0 Å². The molecule has 0 aromatic carbocycles. The Morgan fingerprint density at radius 2 is 2.31 bits per heavy atom.